The van der Waals surface area contributed by atoms with Crippen LogP contribution < -0.4 is 4.90 Å². The minimum Gasteiger partial charge on any atom is -0.354 e. The number of aryl methyl sites for hydroxylation is 1. The molecule has 0 atom stereocenters. The van der Waals surface area contributed by atoms with Crippen LogP contribution in [0.25, 0.3) is 0 Å². The third-order valence-corrected chi connectivity index (χ3v) is 5.30. The van der Waals surface area contributed by atoms with Crippen LogP contribution in [0.2, 0.25) is 0 Å². The molecule has 6 heteroatoms. The largest absolute Gasteiger partial charge is 0.354 e. The van der Waals surface area contributed by atoms with Crippen molar-refractivity contribution in [2.24, 2.45) is 0 Å². The lowest BCUT2D eigenvalue weighted by Crippen LogP contribution is -2.40. The Kier molecular flexibility index (Phi) is 3.21. The highest BCUT2D eigenvalue weighted by Crippen LogP contribution is 2.27. The van der Waals surface area contributed by atoms with Crippen LogP contribution in [0.1, 0.15) is 5.56 Å². The van der Waals surface area contributed by atoms with Crippen molar-refractivity contribution in [3.8, 4) is 0 Å². The van der Waals surface area contributed by atoms with Gasteiger partial charge in [-0.1, -0.05) is 0 Å². The smallest absolute Gasteiger partial charge is 0.153 e. The molecule has 88 valence electrons. The van der Waals surface area contributed by atoms with Gasteiger partial charge in [-0.25, -0.2) is 13.4 Å². The second kappa shape index (κ2) is 4.33. The van der Waals surface area contributed by atoms with Crippen LogP contribution in [0.5, 0.6) is 0 Å². The molecule has 0 aliphatic carbocycles. The third-order valence-electron chi connectivity index (χ3n) is 2.71. The first-order chi connectivity index (χ1) is 7.49. The molecule has 1 aliphatic heterocycles. The zero-order valence-corrected chi connectivity index (χ0v) is 11.4. The number of sulfone groups is 1. The van der Waals surface area contributed by atoms with Gasteiger partial charge < -0.3 is 4.90 Å². The lowest BCUT2D eigenvalue weighted by Gasteiger charge is -2.28. The van der Waals surface area contributed by atoms with Crippen LogP contribution in [0.3, 0.4) is 0 Å². The molecule has 1 aromatic rings. The van der Waals surface area contributed by atoms with Crippen LogP contribution >= 0.6 is 15.9 Å². The Labute approximate surface area is 104 Å². The summed E-state index contributed by atoms with van der Waals surface area (Å²) in [4.78, 5) is 6.31. The van der Waals surface area contributed by atoms with Crippen molar-refractivity contribution in [3.63, 3.8) is 0 Å². The van der Waals surface area contributed by atoms with Gasteiger partial charge in [0.2, 0.25) is 0 Å². The number of hydrogen-bond acceptors (Lipinski definition) is 4. The topological polar surface area (TPSA) is 50.3 Å². The van der Waals surface area contributed by atoms with Gasteiger partial charge in [0.05, 0.1) is 16.0 Å². The van der Waals surface area contributed by atoms with E-state index in [9.17, 15) is 8.42 Å². The Morgan fingerprint density at radius 2 is 2.00 bits per heavy atom. The van der Waals surface area contributed by atoms with Crippen molar-refractivity contribution in [2.75, 3.05) is 29.5 Å². The lowest BCUT2D eigenvalue weighted by molar-refractivity contribution is 0.586. The molecule has 0 bridgehead atoms. The van der Waals surface area contributed by atoms with E-state index >= 15 is 0 Å². The Balaban J connectivity index is 2.24. The van der Waals surface area contributed by atoms with E-state index in [1.165, 1.54) is 0 Å². The summed E-state index contributed by atoms with van der Waals surface area (Å²) in [6.07, 6.45) is 1.75. The summed E-state index contributed by atoms with van der Waals surface area (Å²) in [7, 11) is -2.83. The predicted octanol–water partition coefficient (Wildman–Crippen LogP) is 1.39. The molecule has 0 aromatic carbocycles. The summed E-state index contributed by atoms with van der Waals surface area (Å²) in [5, 5.41) is 0. The number of pyridine rings is 1. The molecule has 16 heavy (non-hydrogen) atoms. The molecule has 0 amide bonds. The maximum atomic E-state index is 11.3. The average Bonchev–Trinajstić information content (AvgIpc) is 2.23. The quantitative estimate of drug-likeness (QED) is 0.787. The molecule has 4 nitrogen and oxygen atoms in total. The Morgan fingerprint density at radius 1 is 1.38 bits per heavy atom. The van der Waals surface area contributed by atoms with Crippen molar-refractivity contribution >= 4 is 31.6 Å². The van der Waals surface area contributed by atoms with Crippen molar-refractivity contribution in [1.82, 2.24) is 4.98 Å². The fourth-order valence-electron chi connectivity index (χ4n) is 1.67. The molecule has 1 aromatic heterocycles. The standard InChI is InChI=1S/C10H13BrN2O2S/c1-8-2-3-12-10(9(8)11)13-4-6-16(14,15)7-5-13/h2-3H,4-7H2,1H3. The molecule has 1 fully saturated rings. The van der Waals surface area contributed by atoms with Crippen LogP contribution in [0.15, 0.2) is 16.7 Å². The maximum Gasteiger partial charge on any atom is 0.153 e. The summed E-state index contributed by atoms with van der Waals surface area (Å²) >= 11 is 3.49. The van der Waals surface area contributed by atoms with E-state index in [2.05, 4.69) is 20.9 Å². The SMILES string of the molecule is Cc1ccnc(N2CCS(=O)(=O)CC2)c1Br. The zero-order chi connectivity index (χ0) is 11.8. The predicted molar refractivity (Wildman–Crippen MR) is 67.5 cm³/mol. The van der Waals surface area contributed by atoms with Crippen molar-refractivity contribution < 1.29 is 8.42 Å². The van der Waals surface area contributed by atoms with E-state index in [-0.39, 0.29) is 11.5 Å². The molecule has 0 spiro atoms. The summed E-state index contributed by atoms with van der Waals surface area (Å²) in [6, 6.07) is 1.92. The molecule has 0 unspecified atom stereocenters. The molecule has 2 heterocycles. The molecule has 1 saturated heterocycles. The van der Waals surface area contributed by atoms with Crippen molar-refractivity contribution in [3.05, 3.63) is 22.3 Å². The summed E-state index contributed by atoms with van der Waals surface area (Å²) in [5.41, 5.74) is 1.11. The number of rotatable bonds is 1. The lowest BCUT2D eigenvalue weighted by atomic mass is 10.3. The first kappa shape index (κ1) is 11.9. The van der Waals surface area contributed by atoms with Gasteiger partial charge in [-0.05, 0) is 34.5 Å². The van der Waals surface area contributed by atoms with Gasteiger partial charge >= 0.3 is 0 Å². The highest BCUT2D eigenvalue weighted by atomic mass is 79.9. The second-order valence-corrected chi connectivity index (χ2v) is 7.00. The summed E-state index contributed by atoms with van der Waals surface area (Å²) in [6.45, 7) is 3.05. The molecule has 1 aliphatic rings. The number of anilines is 1. The normalized spacial score (nSPS) is 19.8. The first-order valence-electron chi connectivity index (χ1n) is 5.06. The van der Waals surface area contributed by atoms with Gasteiger partial charge in [0, 0.05) is 19.3 Å². The summed E-state index contributed by atoms with van der Waals surface area (Å²) < 4.78 is 23.6. The van der Waals surface area contributed by atoms with Gasteiger partial charge in [-0.15, -0.1) is 0 Å². The van der Waals surface area contributed by atoms with E-state index in [1.807, 2.05) is 17.9 Å². The van der Waals surface area contributed by atoms with Crippen molar-refractivity contribution in [2.45, 2.75) is 6.92 Å². The minimum absolute atomic E-state index is 0.217. The van der Waals surface area contributed by atoms with E-state index in [0.29, 0.717) is 13.1 Å². The van der Waals surface area contributed by atoms with Crippen LogP contribution in [-0.4, -0.2) is 38.0 Å². The maximum absolute atomic E-state index is 11.3. The van der Waals surface area contributed by atoms with E-state index < -0.39 is 9.84 Å². The average molecular weight is 305 g/mol. The van der Waals surface area contributed by atoms with E-state index in [1.54, 1.807) is 6.20 Å². The molecule has 0 N–H and O–H groups in total. The van der Waals surface area contributed by atoms with Crippen LogP contribution in [0.4, 0.5) is 5.82 Å². The second-order valence-electron chi connectivity index (χ2n) is 3.90. The van der Waals surface area contributed by atoms with Crippen LogP contribution in [0, 0.1) is 6.92 Å². The molecule has 0 radical (unpaired) electrons. The zero-order valence-electron chi connectivity index (χ0n) is 8.98. The van der Waals surface area contributed by atoms with Crippen LogP contribution in [-0.2, 0) is 9.84 Å². The van der Waals surface area contributed by atoms with E-state index in [4.69, 9.17) is 0 Å². The first-order valence-corrected chi connectivity index (χ1v) is 7.67. The number of halogens is 1. The number of aromatic nitrogens is 1. The molecule has 2 rings (SSSR count). The minimum atomic E-state index is -2.83. The van der Waals surface area contributed by atoms with Gasteiger partial charge in [-0.3, -0.25) is 0 Å². The highest BCUT2D eigenvalue weighted by molar-refractivity contribution is 9.10. The fourth-order valence-corrected chi connectivity index (χ4v) is 3.36. The van der Waals surface area contributed by atoms with Gasteiger partial charge in [0.1, 0.15) is 5.82 Å². The van der Waals surface area contributed by atoms with Gasteiger partial charge in [0.25, 0.3) is 0 Å². The Morgan fingerprint density at radius 3 is 2.62 bits per heavy atom. The van der Waals surface area contributed by atoms with Gasteiger partial charge in [-0.2, -0.15) is 0 Å². The monoisotopic (exact) mass is 304 g/mol. The fraction of sp³-hybridized carbons (Fsp3) is 0.500. The number of hydrogen-bond donors (Lipinski definition) is 0. The summed E-state index contributed by atoms with van der Waals surface area (Å²) in [5.74, 6) is 1.28. The third kappa shape index (κ3) is 2.38. The molecule has 0 saturated carbocycles. The van der Waals surface area contributed by atoms with E-state index in [0.717, 1.165) is 15.9 Å². The van der Waals surface area contributed by atoms with Crippen molar-refractivity contribution in [1.29, 1.82) is 0 Å². The number of nitrogens with zero attached hydrogens (tertiary/aromatic N) is 2. The molecular formula is C10H13BrN2O2S. The van der Waals surface area contributed by atoms with Gasteiger partial charge in [0.15, 0.2) is 9.84 Å². The molecular weight excluding hydrogens is 292 g/mol. The Hall–Kier alpha value is -0.620. The highest BCUT2D eigenvalue weighted by Gasteiger charge is 2.23. The Bertz CT molecular complexity index is 488.